The van der Waals surface area contributed by atoms with Gasteiger partial charge in [-0.25, -0.2) is 4.98 Å². The van der Waals surface area contributed by atoms with E-state index in [9.17, 15) is 9.59 Å². The van der Waals surface area contributed by atoms with Crippen LogP contribution in [0.4, 0.5) is 0 Å². The molecule has 0 radical (unpaired) electrons. The van der Waals surface area contributed by atoms with E-state index in [2.05, 4.69) is 6.92 Å². The third kappa shape index (κ3) is 4.87. The van der Waals surface area contributed by atoms with Crippen LogP contribution in [0.2, 0.25) is 5.02 Å². The number of nitrogens with zero attached hydrogens (tertiary/aromatic N) is 3. The highest BCUT2D eigenvalue weighted by atomic mass is 35.5. The second-order valence-corrected chi connectivity index (χ2v) is 9.63. The standard InChI is InChI=1S/C31H28ClN3O2/c1-3-4-19-34(30(36)24-14-13-22-9-5-6-10-23(22)20-24)21(2)29-33-28-12-8-7-11-27(28)31(37)35(29)26-17-15-25(32)16-18-26/h5-18,20-21H,3-4,19H2,1-2H3. The first kappa shape index (κ1) is 24.7. The molecular weight excluding hydrogens is 482 g/mol. The summed E-state index contributed by atoms with van der Waals surface area (Å²) in [7, 11) is 0. The van der Waals surface area contributed by atoms with Crippen LogP contribution in [0.25, 0.3) is 27.4 Å². The number of unbranched alkanes of at least 4 members (excludes halogenated alkanes) is 1. The van der Waals surface area contributed by atoms with Crippen LogP contribution in [-0.4, -0.2) is 26.9 Å². The average Bonchev–Trinajstić information content (AvgIpc) is 2.93. The molecule has 186 valence electrons. The maximum atomic E-state index is 13.9. The van der Waals surface area contributed by atoms with E-state index in [0.29, 0.717) is 39.5 Å². The highest BCUT2D eigenvalue weighted by molar-refractivity contribution is 6.30. The monoisotopic (exact) mass is 509 g/mol. The predicted octanol–water partition coefficient (Wildman–Crippen LogP) is 7.20. The summed E-state index contributed by atoms with van der Waals surface area (Å²) in [5.41, 5.74) is 1.70. The van der Waals surface area contributed by atoms with Crippen molar-refractivity contribution in [2.24, 2.45) is 0 Å². The topological polar surface area (TPSA) is 55.2 Å². The van der Waals surface area contributed by atoms with E-state index in [1.165, 1.54) is 0 Å². The molecule has 0 bridgehead atoms. The number of rotatable bonds is 7. The third-order valence-corrected chi connectivity index (χ3v) is 6.99. The normalized spacial score (nSPS) is 12.1. The minimum absolute atomic E-state index is 0.0863. The molecule has 0 saturated heterocycles. The molecule has 1 atom stereocenters. The second kappa shape index (κ2) is 10.6. The van der Waals surface area contributed by atoms with E-state index in [4.69, 9.17) is 16.6 Å². The molecule has 0 N–H and O–H groups in total. The van der Waals surface area contributed by atoms with Crippen LogP contribution in [0, 0.1) is 0 Å². The van der Waals surface area contributed by atoms with Crippen LogP contribution >= 0.6 is 11.6 Å². The first-order chi connectivity index (χ1) is 18.0. The summed E-state index contributed by atoms with van der Waals surface area (Å²) < 4.78 is 1.61. The van der Waals surface area contributed by atoms with Crippen molar-refractivity contribution >= 4 is 39.2 Å². The van der Waals surface area contributed by atoms with Crippen molar-refractivity contribution in [3.8, 4) is 5.69 Å². The number of para-hydroxylation sites is 1. The highest BCUT2D eigenvalue weighted by Crippen LogP contribution is 2.26. The highest BCUT2D eigenvalue weighted by Gasteiger charge is 2.27. The quantitative estimate of drug-likeness (QED) is 0.233. The average molecular weight is 510 g/mol. The van der Waals surface area contributed by atoms with Crippen LogP contribution in [0.15, 0.2) is 95.8 Å². The minimum Gasteiger partial charge on any atom is -0.329 e. The minimum atomic E-state index is -0.460. The van der Waals surface area contributed by atoms with Gasteiger partial charge in [-0.3, -0.25) is 14.2 Å². The molecule has 0 aliphatic carbocycles. The van der Waals surface area contributed by atoms with Gasteiger partial charge in [-0.05, 0) is 72.6 Å². The largest absolute Gasteiger partial charge is 0.329 e. The molecule has 0 aliphatic heterocycles. The molecule has 0 aliphatic rings. The molecule has 1 aromatic heterocycles. The van der Waals surface area contributed by atoms with E-state index in [-0.39, 0.29) is 11.5 Å². The summed E-state index contributed by atoms with van der Waals surface area (Å²) >= 11 is 6.14. The maximum absolute atomic E-state index is 13.9. The summed E-state index contributed by atoms with van der Waals surface area (Å²) in [6, 6.07) is 27.7. The van der Waals surface area contributed by atoms with Gasteiger partial charge in [0.15, 0.2) is 0 Å². The van der Waals surface area contributed by atoms with Crippen molar-refractivity contribution in [2.45, 2.75) is 32.7 Å². The molecule has 1 amide bonds. The van der Waals surface area contributed by atoms with E-state index in [0.717, 1.165) is 23.6 Å². The Hall–Kier alpha value is -3.96. The van der Waals surface area contributed by atoms with Gasteiger partial charge in [0.05, 0.1) is 22.6 Å². The lowest BCUT2D eigenvalue weighted by atomic mass is 10.0. The number of carbonyl (C=O) groups is 1. The summed E-state index contributed by atoms with van der Waals surface area (Å²) in [5.74, 6) is 0.424. The Morgan fingerprint density at radius 1 is 0.946 bits per heavy atom. The Morgan fingerprint density at radius 2 is 1.65 bits per heavy atom. The molecule has 5 aromatic rings. The Morgan fingerprint density at radius 3 is 2.41 bits per heavy atom. The zero-order valence-corrected chi connectivity index (χ0v) is 21.7. The third-order valence-electron chi connectivity index (χ3n) is 6.74. The van der Waals surface area contributed by atoms with E-state index >= 15 is 0 Å². The number of amides is 1. The van der Waals surface area contributed by atoms with Gasteiger partial charge in [0, 0.05) is 17.1 Å². The number of fused-ring (bicyclic) bond motifs is 2. The van der Waals surface area contributed by atoms with Crippen molar-refractivity contribution in [3.63, 3.8) is 0 Å². The number of carbonyl (C=O) groups excluding carboxylic acids is 1. The molecule has 0 fully saturated rings. The molecule has 1 unspecified atom stereocenters. The Kier molecular flexibility index (Phi) is 7.06. The predicted molar refractivity (Wildman–Crippen MR) is 151 cm³/mol. The zero-order chi connectivity index (χ0) is 25.9. The molecule has 37 heavy (non-hydrogen) atoms. The van der Waals surface area contributed by atoms with Gasteiger partial charge in [0.2, 0.25) is 0 Å². The molecule has 0 saturated carbocycles. The van der Waals surface area contributed by atoms with Gasteiger partial charge in [0.1, 0.15) is 5.82 Å². The van der Waals surface area contributed by atoms with Gasteiger partial charge >= 0.3 is 0 Å². The summed E-state index contributed by atoms with van der Waals surface area (Å²) in [6.07, 6.45) is 1.77. The summed E-state index contributed by atoms with van der Waals surface area (Å²) in [5, 5.41) is 3.20. The maximum Gasteiger partial charge on any atom is 0.266 e. The number of benzene rings is 4. The SMILES string of the molecule is CCCCN(C(=O)c1ccc2ccccc2c1)C(C)c1nc2ccccc2c(=O)n1-c1ccc(Cl)cc1. The lowest BCUT2D eigenvalue weighted by Crippen LogP contribution is -2.38. The van der Waals surface area contributed by atoms with Gasteiger partial charge in [-0.15, -0.1) is 0 Å². The molecular formula is C31H28ClN3O2. The van der Waals surface area contributed by atoms with Crippen LogP contribution in [-0.2, 0) is 0 Å². The van der Waals surface area contributed by atoms with Gasteiger partial charge in [-0.1, -0.05) is 67.4 Å². The smallest absolute Gasteiger partial charge is 0.266 e. The van der Waals surface area contributed by atoms with Crippen LogP contribution < -0.4 is 5.56 Å². The Bertz CT molecular complexity index is 1640. The van der Waals surface area contributed by atoms with E-state index in [1.807, 2.05) is 72.5 Å². The van der Waals surface area contributed by atoms with Crippen molar-refractivity contribution in [1.82, 2.24) is 14.5 Å². The van der Waals surface area contributed by atoms with Crippen molar-refractivity contribution in [1.29, 1.82) is 0 Å². The lowest BCUT2D eigenvalue weighted by molar-refractivity contribution is 0.0678. The summed E-state index contributed by atoms with van der Waals surface area (Å²) in [4.78, 5) is 34.4. The van der Waals surface area contributed by atoms with Gasteiger partial charge in [-0.2, -0.15) is 0 Å². The van der Waals surface area contributed by atoms with Crippen molar-refractivity contribution in [2.75, 3.05) is 6.54 Å². The van der Waals surface area contributed by atoms with Crippen molar-refractivity contribution < 1.29 is 4.79 Å². The molecule has 5 rings (SSSR count). The van der Waals surface area contributed by atoms with Gasteiger partial charge in [0.25, 0.3) is 11.5 Å². The molecule has 5 nitrogen and oxygen atoms in total. The molecule has 0 spiro atoms. The zero-order valence-electron chi connectivity index (χ0n) is 20.9. The molecule has 6 heteroatoms. The number of aromatic nitrogens is 2. The fraction of sp³-hybridized carbons (Fsp3) is 0.194. The number of hydrogen-bond acceptors (Lipinski definition) is 3. The van der Waals surface area contributed by atoms with Gasteiger partial charge < -0.3 is 4.90 Å². The fourth-order valence-electron chi connectivity index (χ4n) is 4.70. The second-order valence-electron chi connectivity index (χ2n) is 9.19. The Labute approximate surface area is 220 Å². The first-order valence-corrected chi connectivity index (χ1v) is 12.9. The lowest BCUT2D eigenvalue weighted by Gasteiger charge is -2.31. The molecule has 4 aromatic carbocycles. The van der Waals surface area contributed by atoms with Crippen LogP contribution in [0.1, 0.15) is 48.9 Å². The van der Waals surface area contributed by atoms with Crippen LogP contribution in [0.5, 0.6) is 0 Å². The molecule has 1 heterocycles. The summed E-state index contributed by atoms with van der Waals surface area (Å²) in [6.45, 7) is 4.59. The van der Waals surface area contributed by atoms with Crippen LogP contribution in [0.3, 0.4) is 0 Å². The number of halogens is 1. The van der Waals surface area contributed by atoms with E-state index < -0.39 is 6.04 Å². The van der Waals surface area contributed by atoms with Crippen molar-refractivity contribution in [3.05, 3.63) is 118 Å². The Balaban J connectivity index is 1.65. The number of hydrogen-bond donors (Lipinski definition) is 0. The fourth-order valence-corrected chi connectivity index (χ4v) is 4.82. The van der Waals surface area contributed by atoms with E-state index in [1.54, 1.807) is 34.9 Å². The first-order valence-electron chi connectivity index (χ1n) is 12.6.